The highest BCUT2D eigenvalue weighted by atomic mass is 35.5. The summed E-state index contributed by atoms with van der Waals surface area (Å²) in [6.07, 6.45) is 0. The summed E-state index contributed by atoms with van der Waals surface area (Å²) < 4.78 is 0. The van der Waals surface area contributed by atoms with Crippen LogP contribution in [0.2, 0.25) is 5.02 Å². The third kappa shape index (κ3) is 2.35. The molecular formula is C14H13ClN2O3. The lowest BCUT2D eigenvalue weighted by molar-refractivity contribution is -0.140. The molecule has 5 nitrogen and oxygen atoms in total. The summed E-state index contributed by atoms with van der Waals surface area (Å²) in [5.41, 5.74) is 0.209. The monoisotopic (exact) mass is 292 g/mol. The van der Waals surface area contributed by atoms with E-state index in [1.165, 1.54) is 18.2 Å². The summed E-state index contributed by atoms with van der Waals surface area (Å²) in [6.45, 7) is 3.49. The van der Waals surface area contributed by atoms with E-state index >= 15 is 0 Å². The van der Waals surface area contributed by atoms with Gasteiger partial charge in [0.1, 0.15) is 0 Å². The Morgan fingerprint density at radius 3 is 2.50 bits per heavy atom. The Morgan fingerprint density at radius 1 is 1.40 bits per heavy atom. The maximum absolute atomic E-state index is 12.1. The molecule has 1 fully saturated rings. The fraction of sp³-hybridized carbons (Fsp3) is 0.357. The van der Waals surface area contributed by atoms with E-state index in [0.717, 1.165) is 0 Å². The zero-order chi connectivity index (χ0) is 15.1. The van der Waals surface area contributed by atoms with Crippen LogP contribution in [0.1, 0.15) is 19.4 Å². The molecule has 2 unspecified atom stereocenters. The molecule has 0 spiro atoms. The van der Waals surface area contributed by atoms with Gasteiger partial charge in [-0.1, -0.05) is 25.4 Å². The van der Waals surface area contributed by atoms with Crippen LogP contribution in [-0.4, -0.2) is 17.0 Å². The van der Waals surface area contributed by atoms with Crippen molar-refractivity contribution in [3.63, 3.8) is 0 Å². The van der Waals surface area contributed by atoms with E-state index in [-0.39, 0.29) is 10.9 Å². The van der Waals surface area contributed by atoms with Gasteiger partial charge in [0.15, 0.2) is 0 Å². The van der Waals surface area contributed by atoms with Crippen LogP contribution in [0.3, 0.4) is 0 Å². The predicted molar refractivity (Wildman–Crippen MR) is 73.2 cm³/mol. The van der Waals surface area contributed by atoms with Crippen LogP contribution in [0.5, 0.6) is 0 Å². The van der Waals surface area contributed by atoms with Gasteiger partial charge in [-0.2, -0.15) is 5.26 Å². The lowest BCUT2D eigenvalue weighted by Gasteiger charge is -2.08. The highest BCUT2D eigenvalue weighted by Gasteiger charge is 2.65. The van der Waals surface area contributed by atoms with Gasteiger partial charge in [-0.05, 0) is 23.6 Å². The van der Waals surface area contributed by atoms with Crippen molar-refractivity contribution in [3.8, 4) is 6.07 Å². The molecule has 1 aromatic carbocycles. The average Bonchev–Trinajstić information content (AvgIpc) is 2.95. The number of nitriles is 1. The molecule has 0 heterocycles. The van der Waals surface area contributed by atoms with Crippen LogP contribution in [0.15, 0.2) is 18.2 Å². The number of carboxylic acids is 1. The number of carboxylic acid groups (broad SMARTS) is 1. The van der Waals surface area contributed by atoms with E-state index in [2.05, 4.69) is 5.32 Å². The number of aliphatic carboxylic acids is 1. The Bertz CT molecular complexity index is 634. The molecule has 2 N–H and O–H groups in total. The summed E-state index contributed by atoms with van der Waals surface area (Å²) in [5.74, 6) is -2.60. The van der Waals surface area contributed by atoms with Crippen molar-refractivity contribution in [2.75, 3.05) is 5.32 Å². The largest absolute Gasteiger partial charge is 0.481 e. The van der Waals surface area contributed by atoms with Gasteiger partial charge in [0.2, 0.25) is 5.91 Å². The minimum absolute atomic E-state index is 0.253. The van der Waals surface area contributed by atoms with E-state index in [4.69, 9.17) is 22.0 Å². The van der Waals surface area contributed by atoms with Crippen LogP contribution >= 0.6 is 11.6 Å². The van der Waals surface area contributed by atoms with Crippen LogP contribution in [-0.2, 0) is 9.59 Å². The summed E-state index contributed by atoms with van der Waals surface area (Å²) in [6, 6.07) is 6.46. The van der Waals surface area contributed by atoms with Crippen LogP contribution in [0.4, 0.5) is 5.69 Å². The number of benzene rings is 1. The van der Waals surface area contributed by atoms with Crippen molar-refractivity contribution < 1.29 is 14.7 Å². The first-order chi connectivity index (χ1) is 9.28. The number of amides is 1. The van der Waals surface area contributed by atoms with Crippen molar-refractivity contribution in [2.45, 2.75) is 13.8 Å². The Morgan fingerprint density at radius 2 is 2.05 bits per heavy atom. The van der Waals surface area contributed by atoms with Gasteiger partial charge in [0, 0.05) is 0 Å². The number of nitrogens with one attached hydrogen (secondary N) is 1. The lowest BCUT2D eigenvalue weighted by atomic mass is 10.1. The minimum Gasteiger partial charge on any atom is -0.481 e. The molecule has 0 aromatic heterocycles. The first kappa shape index (κ1) is 14.4. The van der Waals surface area contributed by atoms with Crippen LogP contribution < -0.4 is 5.32 Å². The molecule has 1 aliphatic carbocycles. The first-order valence-electron chi connectivity index (χ1n) is 6.02. The van der Waals surface area contributed by atoms with E-state index < -0.39 is 23.2 Å². The van der Waals surface area contributed by atoms with Crippen molar-refractivity contribution in [1.29, 1.82) is 5.26 Å². The topological polar surface area (TPSA) is 90.2 Å². The second-order valence-corrected chi connectivity index (χ2v) is 5.82. The Kier molecular flexibility index (Phi) is 3.45. The van der Waals surface area contributed by atoms with Gasteiger partial charge >= 0.3 is 5.97 Å². The maximum atomic E-state index is 12.1. The number of rotatable bonds is 3. The zero-order valence-electron chi connectivity index (χ0n) is 11.0. The summed E-state index contributed by atoms with van der Waals surface area (Å²) >= 11 is 5.97. The standard InChI is InChI=1S/C14H13ClN2O3/c1-14(2)10(11(14)13(19)20)12(18)17-9-4-3-7(6-16)5-8(9)15/h3-5,10-11H,1-2H3,(H,17,18)(H,19,20). The number of hydrogen-bond acceptors (Lipinski definition) is 3. The number of anilines is 1. The van der Waals surface area contributed by atoms with Gasteiger partial charge in [-0.25, -0.2) is 0 Å². The van der Waals surface area contributed by atoms with Gasteiger partial charge in [0.25, 0.3) is 0 Å². The number of carbonyl (C=O) groups excluding carboxylic acids is 1. The van der Waals surface area contributed by atoms with Gasteiger partial charge in [-0.15, -0.1) is 0 Å². The number of halogens is 1. The van der Waals surface area contributed by atoms with Gasteiger partial charge in [0.05, 0.1) is 34.2 Å². The molecule has 2 atom stereocenters. The van der Waals surface area contributed by atoms with Crippen molar-refractivity contribution in [2.24, 2.45) is 17.3 Å². The molecule has 0 radical (unpaired) electrons. The molecule has 0 aliphatic heterocycles. The summed E-state index contributed by atoms with van der Waals surface area (Å²) in [4.78, 5) is 23.2. The number of nitrogens with zero attached hydrogens (tertiary/aromatic N) is 1. The molecule has 1 aliphatic rings. The third-order valence-corrected chi connectivity index (χ3v) is 4.04. The van der Waals surface area contributed by atoms with E-state index in [1.54, 1.807) is 13.8 Å². The fourth-order valence-electron chi connectivity index (χ4n) is 2.48. The lowest BCUT2D eigenvalue weighted by Crippen LogP contribution is -2.18. The average molecular weight is 293 g/mol. The first-order valence-corrected chi connectivity index (χ1v) is 6.40. The fourth-order valence-corrected chi connectivity index (χ4v) is 2.71. The molecule has 1 aromatic rings. The van der Waals surface area contributed by atoms with Crippen LogP contribution in [0, 0.1) is 28.6 Å². The third-order valence-electron chi connectivity index (χ3n) is 3.73. The molecule has 20 heavy (non-hydrogen) atoms. The van der Waals surface area contributed by atoms with Gasteiger partial charge in [-0.3, -0.25) is 9.59 Å². The van der Waals surface area contributed by atoms with E-state index in [1.807, 2.05) is 6.07 Å². The van der Waals surface area contributed by atoms with E-state index in [9.17, 15) is 9.59 Å². The molecule has 104 valence electrons. The smallest absolute Gasteiger partial charge is 0.307 e. The number of carbonyl (C=O) groups is 2. The highest BCUT2D eigenvalue weighted by Crippen LogP contribution is 2.58. The normalized spacial score (nSPS) is 22.7. The van der Waals surface area contributed by atoms with Crippen molar-refractivity contribution in [1.82, 2.24) is 0 Å². The molecule has 1 saturated carbocycles. The molecule has 6 heteroatoms. The summed E-state index contributed by atoms with van der Waals surface area (Å²) in [5, 5.41) is 20.7. The van der Waals surface area contributed by atoms with Crippen molar-refractivity contribution >= 4 is 29.2 Å². The Balaban J connectivity index is 2.14. The quantitative estimate of drug-likeness (QED) is 0.895. The Hall–Kier alpha value is -2.06. The molecule has 1 amide bonds. The predicted octanol–water partition coefficient (Wildman–Crippen LogP) is 2.51. The van der Waals surface area contributed by atoms with Gasteiger partial charge < -0.3 is 10.4 Å². The maximum Gasteiger partial charge on any atom is 0.307 e. The highest BCUT2D eigenvalue weighted by molar-refractivity contribution is 6.33. The molecular weight excluding hydrogens is 280 g/mol. The number of hydrogen-bond donors (Lipinski definition) is 2. The zero-order valence-corrected chi connectivity index (χ0v) is 11.7. The van der Waals surface area contributed by atoms with Crippen molar-refractivity contribution in [3.05, 3.63) is 28.8 Å². The summed E-state index contributed by atoms with van der Waals surface area (Å²) in [7, 11) is 0. The minimum atomic E-state index is -0.971. The molecule has 2 rings (SSSR count). The molecule has 0 bridgehead atoms. The van der Waals surface area contributed by atoms with Crippen LogP contribution in [0.25, 0.3) is 0 Å². The molecule has 0 saturated heterocycles. The Labute approximate surface area is 121 Å². The second-order valence-electron chi connectivity index (χ2n) is 5.41. The van der Waals surface area contributed by atoms with E-state index in [0.29, 0.717) is 11.3 Å². The second kappa shape index (κ2) is 4.80. The SMILES string of the molecule is CC1(C)C(C(=O)O)C1C(=O)Nc1ccc(C#N)cc1Cl.